The molecule has 0 amide bonds. The van der Waals surface area contributed by atoms with E-state index in [1.807, 2.05) is 0 Å². The number of hydrogen-bond acceptors (Lipinski definition) is 6. The number of methoxy groups -OCH3 is 2. The Morgan fingerprint density at radius 2 is 2.11 bits per heavy atom. The average Bonchev–Trinajstić information content (AvgIpc) is 2.35. The van der Waals surface area contributed by atoms with E-state index in [-0.39, 0.29) is 0 Å². The summed E-state index contributed by atoms with van der Waals surface area (Å²) in [5.74, 6) is -1.81. The van der Waals surface area contributed by atoms with Crippen molar-refractivity contribution in [1.82, 2.24) is 4.98 Å². The first-order valence-corrected chi connectivity index (χ1v) is 4.51. The average molecular weight is 262 g/mol. The van der Waals surface area contributed by atoms with E-state index in [2.05, 4.69) is 14.5 Å². The molecule has 9 heteroatoms. The maximum absolute atomic E-state index is 12.9. The maximum atomic E-state index is 12.9. The van der Waals surface area contributed by atoms with Gasteiger partial charge in [0.25, 0.3) is 6.43 Å². The minimum atomic E-state index is -3.17. The third-order valence-corrected chi connectivity index (χ3v) is 2.06. The van der Waals surface area contributed by atoms with Crippen LogP contribution in [0, 0.1) is 10.1 Å². The van der Waals surface area contributed by atoms with Crippen molar-refractivity contribution in [2.45, 2.75) is 6.43 Å². The van der Waals surface area contributed by atoms with E-state index in [4.69, 9.17) is 0 Å². The molecule has 0 spiro atoms. The molecule has 0 saturated heterocycles. The summed E-state index contributed by atoms with van der Waals surface area (Å²) >= 11 is 0. The predicted octanol–water partition coefficient (Wildman–Crippen LogP) is 1.72. The van der Waals surface area contributed by atoms with Crippen LogP contribution in [0.1, 0.15) is 22.3 Å². The summed E-state index contributed by atoms with van der Waals surface area (Å²) < 4.78 is 34.5. The zero-order chi connectivity index (χ0) is 13.9. The Kier molecular flexibility index (Phi) is 4.08. The third kappa shape index (κ3) is 2.34. The lowest BCUT2D eigenvalue weighted by Gasteiger charge is -2.10. The van der Waals surface area contributed by atoms with Crippen molar-refractivity contribution in [2.24, 2.45) is 0 Å². The first-order valence-electron chi connectivity index (χ1n) is 4.51. The fourth-order valence-corrected chi connectivity index (χ4v) is 1.32. The Balaban J connectivity index is 3.65. The van der Waals surface area contributed by atoms with Crippen molar-refractivity contribution >= 4 is 11.7 Å². The van der Waals surface area contributed by atoms with Gasteiger partial charge in [0, 0.05) is 0 Å². The lowest BCUT2D eigenvalue weighted by Crippen LogP contribution is -2.12. The standard InChI is InChI=1S/C9H8F2N2O5/c1-17-8-6(7(10)11)5(9(14)18-2)4(3-12-8)13(15)16/h3,7H,1-2H3. The van der Waals surface area contributed by atoms with E-state index < -0.39 is 40.0 Å². The highest BCUT2D eigenvalue weighted by Gasteiger charge is 2.33. The summed E-state index contributed by atoms with van der Waals surface area (Å²) in [5.41, 5.74) is -2.68. The Labute approximate surface area is 99.5 Å². The molecule has 0 aliphatic rings. The van der Waals surface area contributed by atoms with Gasteiger partial charge in [-0.05, 0) is 0 Å². The minimum absolute atomic E-state index is 0.559. The zero-order valence-electron chi connectivity index (χ0n) is 9.35. The van der Waals surface area contributed by atoms with Gasteiger partial charge in [-0.15, -0.1) is 0 Å². The van der Waals surface area contributed by atoms with Gasteiger partial charge in [-0.1, -0.05) is 0 Å². The summed E-state index contributed by atoms with van der Waals surface area (Å²) in [6.07, 6.45) is -2.50. The number of aromatic nitrogens is 1. The lowest BCUT2D eigenvalue weighted by molar-refractivity contribution is -0.385. The molecule has 1 aromatic rings. The normalized spacial score (nSPS) is 10.3. The monoisotopic (exact) mass is 262 g/mol. The highest BCUT2D eigenvalue weighted by atomic mass is 19.3. The third-order valence-electron chi connectivity index (χ3n) is 2.06. The molecule has 0 unspecified atom stereocenters. The molecular formula is C9H8F2N2O5. The number of nitro groups is 1. The molecule has 18 heavy (non-hydrogen) atoms. The van der Waals surface area contributed by atoms with E-state index in [9.17, 15) is 23.7 Å². The smallest absolute Gasteiger partial charge is 0.345 e. The van der Waals surface area contributed by atoms with Gasteiger partial charge in [0.15, 0.2) is 5.56 Å². The van der Waals surface area contributed by atoms with Crippen LogP contribution >= 0.6 is 0 Å². The van der Waals surface area contributed by atoms with Gasteiger partial charge in [0.05, 0.1) is 19.1 Å². The van der Waals surface area contributed by atoms with Crippen LogP contribution in [0.2, 0.25) is 0 Å². The molecule has 1 aromatic heterocycles. The topological polar surface area (TPSA) is 91.6 Å². The second-order valence-corrected chi connectivity index (χ2v) is 2.99. The summed E-state index contributed by atoms with van der Waals surface area (Å²) in [4.78, 5) is 24.4. The summed E-state index contributed by atoms with van der Waals surface area (Å²) in [6, 6.07) is 0. The van der Waals surface area contributed by atoms with E-state index in [1.165, 1.54) is 0 Å². The summed E-state index contributed by atoms with van der Waals surface area (Å²) in [6.45, 7) is 0. The fourth-order valence-electron chi connectivity index (χ4n) is 1.32. The molecule has 0 bridgehead atoms. The van der Waals surface area contributed by atoms with Gasteiger partial charge in [-0.2, -0.15) is 0 Å². The van der Waals surface area contributed by atoms with Crippen LogP contribution in [0.15, 0.2) is 6.20 Å². The Morgan fingerprint density at radius 3 is 2.50 bits per heavy atom. The number of esters is 1. The number of carbonyl (C=O) groups is 1. The number of nitrogens with zero attached hydrogens (tertiary/aromatic N) is 2. The molecule has 0 radical (unpaired) electrons. The first kappa shape index (κ1) is 13.7. The van der Waals surface area contributed by atoms with E-state index in [0.717, 1.165) is 14.2 Å². The maximum Gasteiger partial charge on any atom is 0.345 e. The Bertz CT molecular complexity index is 492. The Hall–Kier alpha value is -2.32. The molecule has 0 saturated carbocycles. The zero-order valence-corrected chi connectivity index (χ0v) is 9.35. The molecule has 0 aliphatic carbocycles. The van der Waals surface area contributed by atoms with Gasteiger partial charge in [0.2, 0.25) is 5.88 Å². The highest BCUT2D eigenvalue weighted by Crippen LogP contribution is 2.35. The molecule has 7 nitrogen and oxygen atoms in total. The van der Waals surface area contributed by atoms with Gasteiger partial charge >= 0.3 is 11.7 Å². The molecular weight excluding hydrogens is 254 g/mol. The second kappa shape index (κ2) is 5.34. The van der Waals surface area contributed by atoms with Gasteiger partial charge < -0.3 is 9.47 Å². The van der Waals surface area contributed by atoms with Crippen LogP contribution in [0.25, 0.3) is 0 Å². The van der Waals surface area contributed by atoms with E-state index in [0.29, 0.717) is 6.20 Å². The number of alkyl halides is 2. The van der Waals surface area contributed by atoms with Crippen LogP contribution in [0.5, 0.6) is 5.88 Å². The number of rotatable bonds is 4. The van der Waals surface area contributed by atoms with Crippen LogP contribution < -0.4 is 4.74 Å². The summed E-state index contributed by atoms with van der Waals surface area (Å²) in [7, 11) is 1.98. The fraction of sp³-hybridized carbons (Fsp3) is 0.333. The van der Waals surface area contributed by atoms with Crippen molar-refractivity contribution < 1.29 is 28.0 Å². The van der Waals surface area contributed by atoms with Crippen molar-refractivity contribution in [3.63, 3.8) is 0 Å². The van der Waals surface area contributed by atoms with Crippen LogP contribution in [-0.4, -0.2) is 30.1 Å². The molecule has 0 N–H and O–H groups in total. The van der Waals surface area contributed by atoms with Crippen molar-refractivity contribution in [3.05, 3.63) is 27.4 Å². The molecule has 0 fully saturated rings. The quantitative estimate of drug-likeness (QED) is 0.466. The van der Waals surface area contributed by atoms with Crippen LogP contribution in [0.4, 0.5) is 14.5 Å². The molecule has 1 rings (SSSR count). The highest BCUT2D eigenvalue weighted by molar-refractivity contribution is 5.96. The van der Waals surface area contributed by atoms with Crippen molar-refractivity contribution in [1.29, 1.82) is 0 Å². The van der Waals surface area contributed by atoms with Crippen molar-refractivity contribution in [2.75, 3.05) is 14.2 Å². The van der Waals surface area contributed by atoms with E-state index >= 15 is 0 Å². The molecule has 98 valence electrons. The largest absolute Gasteiger partial charge is 0.481 e. The molecule has 1 heterocycles. The molecule has 0 aliphatic heterocycles. The first-order chi connectivity index (χ1) is 8.43. The second-order valence-electron chi connectivity index (χ2n) is 2.99. The van der Waals surface area contributed by atoms with Gasteiger partial charge in [0.1, 0.15) is 11.8 Å². The summed E-state index contributed by atoms with van der Waals surface area (Å²) in [5, 5.41) is 10.7. The number of hydrogen-bond donors (Lipinski definition) is 0. The number of ether oxygens (including phenoxy) is 2. The lowest BCUT2D eigenvalue weighted by atomic mass is 10.1. The van der Waals surface area contributed by atoms with E-state index in [1.54, 1.807) is 0 Å². The minimum Gasteiger partial charge on any atom is -0.481 e. The SMILES string of the molecule is COC(=O)c1c([N+](=O)[O-])cnc(OC)c1C(F)F. The number of pyridine rings is 1. The number of carbonyl (C=O) groups excluding carboxylic acids is 1. The van der Waals surface area contributed by atoms with Crippen LogP contribution in [0.3, 0.4) is 0 Å². The Morgan fingerprint density at radius 1 is 1.50 bits per heavy atom. The van der Waals surface area contributed by atoms with Crippen LogP contribution in [-0.2, 0) is 4.74 Å². The number of halogens is 2. The van der Waals surface area contributed by atoms with Gasteiger partial charge in [-0.25, -0.2) is 18.6 Å². The molecule has 0 aromatic carbocycles. The predicted molar refractivity (Wildman–Crippen MR) is 53.7 cm³/mol. The molecule has 0 atom stereocenters. The van der Waals surface area contributed by atoms with Gasteiger partial charge in [-0.3, -0.25) is 10.1 Å². The van der Waals surface area contributed by atoms with Crippen molar-refractivity contribution in [3.8, 4) is 5.88 Å².